The minimum absolute atomic E-state index is 0.324. The second kappa shape index (κ2) is 7.13. The summed E-state index contributed by atoms with van der Waals surface area (Å²) in [4.78, 5) is 0. The molecule has 2 unspecified atom stereocenters. The fraction of sp³-hybridized carbons (Fsp3) is 0.600. The number of ether oxygens (including phenoxy) is 1. The molecule has 0 saturated carbocycles. The third-order valence-electron chi connectivity index (χ3n) is 3.51. The molecule has 0 bridgehead atoms. The van der Waals surface area contributed by atoms with E-state index >= 15 is 0 Å². The van der Waals surface area contributed by atoms with E-state index in [1.54, 1.807) is 0 Å². The molecule has 0 spiro atoms. The van der Waals surface area contributed by atoms with E-state index < -0.39 is 0 Å². The lowest BCUT2D eigenvalue weighted by Gasteiger charge is -2.23. The Hall–Kier alpha value is -0.570. The molecule has 1 fully saturated rings. The van der Waals surface area contributed by atoms with Crippen molar-refractivity contribution in [3.05, 3.63) is 34.9 Å². The fourth-order valence-corrected chi connectivity index (χ4v) is 2.65. The Labute approximate surface area is 114 Å². The van der Waals surface area contributed by atoms with Gasteiger partial charge in [0, 0.05) is 11.6 Å². The van der Waals surface area contributed by atoms with E-state index in [0.29, 0.717) is 12.5 Å². The fourth-order valence-electron chi connectivity index (χ4n) is 2.43. The largest absolute Gasteiger partial charge is 0.393 e. The second-order valence-electron chi connectivity index (χ2n) is 5.02. The van der Waals surface area contributed by atoms with Crippen molar-refractivity contribution in [1.29, 1.82) is 0 Å². The van der Waals surface area contributed by atoms with Crippen LogP contribution < -0.4 is 0 Å². The highest BCUT2D eigenvalue weighted by Crippen LogP contribution is 2.21. The third kappa shape index (κ3) is 4.27. The number of halogens is 1. The zero-order valence-electron chi connectivity index (χ0n) is 10.6. The van der Waals surface area contributed by atoms with Gasteiger partial charge in [0.2, 0.25) is 0 Å². The normalized spacial score (nSPS) is 21.8. The minimum Gasteiger partial charge on any atom is -0.393 e. The first-order valence-corrected chi connectivity index (χ1v) is 7.16. The average Bonchev–Trinajstić information content (AvgIpc) is 2.40. The monoisotopic (exact) mass is 268 g/mol. The van der Waals surface area contributed by atoms with Gasteiger partial charge in [-0.3, -0.25) is 0 Å². The first-order chi connectivity index (χ1) is 8.75. The van der Waals surface area contributed by atoms with Gasteiger partial charge in [-0.1, -0.05) is 29.8 Å². The van der Waals surface area contributed by atoms with Crippen LogP contribution in [0.15, 0.2) is 24.3 Å². The van der Waals surface area contributed by atoms with E-state index in [9.17, 15) is 5.11 Å². The zero-order valence-corrected chi connectivity index (χ0v) is 11.4. The zero-order chi connectivity index (χ0) is 12.8. The van der Waals surface area contributed by atoms with Gasteiger partial charge in [0.05, 0.1) is 12.2 Å². The van der Waals surface area contributed by atoms with Gasteiger partial charge in [0.25, 0.3) is 0 Å². The van der Waals surface area contributed by atoms with E-state index in [0.717, 1.165) is 36.5 Å². The van der Waals surface area contributed by atoms with Crippen LogP contribution in [0.5, 0.6) is 0 Å². The van der Waals surface area contributed by atoms with Crippen LogP contribution >= 0.6 is 11.6 Å². The summed E-state index contributed by atoms with van der Waals surface area (Å²) >= 11 is 6.08. The van der Waals surface area contributed by atoms with Gasteiger partial charge < -0.3 is 9.84 Å². The maximum absolute atomic E-state index is 10.0. The molecular formula is C15H21ClO2. The lowest BCUT2D eigenvalue weighted by molar-refractivity contribution is 0.00234. The summed E-state index contributed by atoms with van der Waals surface area (Å²) < 4.78 is 5.67. The van der Waals surface area contributed by atoms with Crippen LogP contribution in [0.3, 0.4) is 0 Å². The number of aliphatic hydroxyl groups is 1. The highest BCUT2D eigenvalue weighted by Gasteiger charge is 2.16. The van der Waals surface area contributed by atoms with Crippen molar-refractivity contribution >= 4 is 11.6 Å². The van der Waals surface area contributed by atoms with Gasteiger partial charge in [-0.15, -0.1) is 0 Å². The van der Waals surface area contributed by atoms with E-state index in [1.807, 2.05) is 24.3 Å². The molecule has 1 aliphatic rings. The number of rotatable bonds is 5. The predicted octanol–water partition coefficient (Wildman–Crippen LogP) is 3.59. The SMILES string of the molecule is OC(CCC1CCCCO1)Cc1ccccc1Cl. The Kier molecular flexibility index (Phi) is 5.48. The summed E-state index contributed by atoms with van der Waals surface area (Å²) in [6.45, 7) is 0.880. The molecule has 1 aromatic rings. The summed E-state index contributed by atoms with van der Waals surface area (Å²) in [5, 5.41) is 10.8. The number of aliphatic hydroxyl groups excluding tert-OH is 1. The molecule has 1 heterocycles. The van der Waals surface area contributed by atoms with Gasteiger partial charge in [0.1, 0.15) is 0 Å². The standard InChI is InChI=1S/C15H21ClO2/c16-15-7-2-1-5-12(15)11-13(17)8-9-14-6-3-4-10-18-14/h1-2,5,7,13-14,17H,3-4,6,8-11H2. The Balaban J connectivity index is 1.74. The summed E-state index contributed by atoms with van der Waals surface area (Å²) in [7, 11) is 0. The molecule has 0 radical (unpaired) electrons. The number of hydrogen-bond donors (Lipinski definition) is 1. The molecule has 1 N–H and O–H groups in total. The van der Waals surface area contributed by atoms with E-state index in [1.165, 1.54) is 12.8 Å². The van der Waals surface area contributed by atoms with E-state index in [-0.39, 0.29) is 6.10 Å². The lowest BCUT2D eigenvalue weighted by Crippen LogP contribution is -2.21. The first kappa shape index (κ1) is 13.9. The molecule has 0 amide bonds. The van der Waals surface area contributed by atoms with Crippen molar-refractivity contribution in [3.63, 3.8) is 0 Å². The molecule has 0 aromatic heterocycles. The molecular weight excluding hydrogens is 248 g/mol. The van der Waals surface area contributed by atoms with Crippen LogP contribution in [-0.2, 0) is 11.2 Å². The number of benzene rings is 1. The molecule has 2 rings (SSSR count). The molecule has 1 aliphatic heterocycles. The van der Waals surface area contributed by atoms with Crippen molar-refractivity contribution in [2.24, 2.45) is 0 Å². The quantitative estimate of drug-likeness (QED) is 0.884. The Morgan fingerprint density at radius 3 is 2.89 bits per heavy atom. The molecule has 3 heteroatoms. The summed E-state index contributed by atoms with van der Waals surface area (Å²) in [6, 6.07) is 7.71. The predicted molar refractivity (Wildman–Crippen MR) is 74.0 cm³/mol. The van der Waals surface area contributed by atoms with Crippen molar-refractivity contribution in [2.45, 2.75) is 50.7 Å². The first-order valence-electron chi connectivity index (χ1n) is 6.79. The minimum atomic E-state index is -0.324. The van der Waals surface area contributed by atoms with Crippen LogP contribution in [-0.4, -0.2) is 23.9 Å². The molecule has 1 saturated heterocycles. The Morgan fingerprint density at radius 1 is 1.33 bits per heavy atom. The average molecular weight is 269 g/mol. The van der Waals surface area contributed by atoms with E-state index in [4.69, 9.17) is 16.3 Å². The maximum Gasteiger partial charge on any atom is 0.0582 e. The smallest absolute Gasteiger partial charge is 0.0582 e. The summed E-state index contributed by atoms with van der Waals surface area (Å²) in [5.74, 6) is 0. The molecule has 18 heavy (non-hydrogen) atoms. The van der Waals surface area contributed by atoms with Crippen molar-refractivity contribution in [2.75, 3.05) is 6.61 Å². The van der Waals surface area contributed by atoms with Crippen molar-refractivity contribution < 1.29 is 9.84 Å². The van der Waals surface area contributed by atoms with Gasteiger partial charge in [-0.25, -0.2) is 0 Å². The molecule has 2 nitrogen and oxygen atoms in total. The highest BCUT2D eigenvalue weighted by molar-refractivity contribution is 6.31. The lowest BCUT2D eigenvalue weighted by atomic mass is 9.99. The number of hydrogen-bond acceptors (Lipinski definition) is 2. The van der Waals surface area contributed by atoms with Crippen LogP contribution in [0.2, 0.25) is 5.02 Å². The van der Waals surface area contributed by atoms with Gasteiger partial charge >= 0.3 is 0 Å². The summed E-state index contributed by atoms with van der Waals surface area (Å²) in [6.07, 6.45) is 5.96. The van der Waals surface area contributed by atoms with Crippen LogP contribution in [0.1, 0.15) is 37.7 Å². The van der Waals surface area contributed by atoms with Crippen LogP contribution in [0.4, 0.5) is 0 Å². The molecule has 100 valence electrons. The molecule has 0 aliphatic carbocycles. The molecule has 1 aromatic carbocycles. The molecule has 2 atom stereocenters. The topological polar surface area (TPSA) is 29.5 Å². The van der Waals surface area contributed by atoms with Crippen LogP contribution in [0, 0.1) is 0 Å². The van der Waals surface area contributed by atoms with E-state index in [2.05, 4.69) is 0 Å². The Morgan fingerprint density at radius 2 is 2.17 bits per heavy atom. The van der Waals surface area contributed by atoms with Crippen molar-refractivity contribution in [1.82, 2.24) is 0 Å². The van der Waals surface area contributed by atoms with Gasteiger partial charge in [-0.2, -0.15) is 0 Å². The van der Waals surface area contributed by atoms with Crippen LogP contribution in [0.25, 0.3) is 0 Å². The summed E-state index contributed by atoms with van der Waals surface area (Å²) in [5.41, 5.74) is 1.02. The second-order valence-corrected chi connectivity index (χ2v) is 5.42. The third-order valence-corrected chi connectivity index (χ3v) is 3.88. The van der Waals surface area contributed by atoms with Gasteiger partial charge in [0.15, 0.2) is 0 Å². The Bertz CT molecular complexity index is 361. The highest BCUT2D eigenvalue weighted by atomic mass is 35.5. The van der Waals surface area contributed by atoms with Gasteiger partial charge in [-0.05, 0) is 50.2 Å². The maximum atomic E-state index is 10.0. The van der Waals surface area contributed by atoms with Crippen molar-refractivity contribution in [3.8, 4) is 0 Å².